The monoisotopic (exact) mass is 261 g/mol. The molecule has 0 radical (unpaired) electrons. The summed E-state index contributed by atoms with van der Waals surface area (Å²) in [5.41, 5.74) is 2.66. The van der Waals surface area contributed by atoms with Crippen LogP contribution in [0.5, 0.6) is 0 Å². The van der Waals surface area contributed by atoms with Gasteiger partial charge in [0.1, 0.15) is 6.54 Å². The van der Waals surface area contributed by atoms with Crippen molar-refractivity contribution in [2.45, 2.75) is 38.0 Å². The minimum absolute atomic E-state index is 0.0105. The fraction of sp³-hybridized carbons (Fsp3) is 0.533. The van der Waals surface area contributed by atoms with E-state index in [1.807, 2.05) is 6.07 Å². The van der Waals surface area contributed by atoms with Crippen molar-refractivity contribution in [1.82, 2.24) is 5.32 Å². The third-order valence-corrected chi connectivity index (χ3v) is 4.05. The maximum atomic E-state index is 12.2. The molecule has 2 heterocycles. The van der Waals surface area contributed by atoms with Gasteiger partial charge in [-0.05, 0) is 18.4 Å². The second kappa shape index (κ2) is 5.72. The molecule has 0 spiro atoms. The van der Waals surface area contributed by atoms with Gasteiger partial charge in [0.05, 0.1) is 6.10 Å². The molecule has 0 aromatic heterocycles. The van der Waals surface area contributed by atoms with Gasteiger partial charge in [0, 0.05) is 25.1 Å². The molecule has 1 amide bonds. The van der Waals surface area contributed by atoms with Crippen molar-refractivity contribution >= 4 is 5.91 Å². The molecule has 0 bridgehead atoms. The van der Waals surface area contributed by atoms with Crippen molar-refractivity contribution in [3.8, 4) is 0 Å². The molecule has 2 atom stereocenters. The summed E-state index contributed by atoms with van der Waals surface area (Å²) < 4.78 is 5.52. The van der Waals surface area contributed by atoms with Crippen LogP contribution >= 0.6 is 0 Å². The van der Waals surface area contributed by atoms with E-state index in [9.17, 15) is 4.79 Å². The normalized spacial score (nSPS) is 25.9. The number of hydrogen-bond donors (Lipinski definition) is 2. The molecule has 1 saturated heterocycles. The number of quaternary nitrogens is 1. The van der Waals surface area contributed by atoms with E-state index in [0.29, 0.717) is 6.54 Å². The Morgan fingerprint density at radius 2 is 2.21 bits per heavy atom. The van der Waals surface area contributed by atoms with E-state index >= 15 is 0 Å². The van der Waals surface area contributed by atoms with Crippen LogP contribution in [0.3, 0.4) is 0 Å². The molecule has 0 unspecified atom stereocenters. The summed E-state index contributed by atoms with van der Waals surface area (Å²) in [4.78, 5) is 12.2. The third-order valence-electron chi connectivity index (χ3n) is 4.05. The number of benzene rings is 1. The van der Waals surface area contributed by atoms with E-state index in [0.717, 1.165) is 32.4 Å². The van der Waals surface area contributed by atoms with Crippen LogP contribution in [0.2, 0.25) is 0 Å². The molecule has 3 N–H and O–H groups in total. The molecular formula is C15H21N2O2+. The third kappa shape index (κ3) is 2.96. The lowest BCUT2D eigenvalue weighted by Crippen LogP contribution is -2.93. The molecule has 102 valence electrons. The van der Waals surface area contributed by atoms with E-state index in [-0.39, 0.29) is 18.1 Å². The van der Waals surface area contributed by atoms with Crippen LogP contribution in [0.4, 0.5) is 0 Å². The van der Waals surface area contributed by atoms with Crippen LogP contribution in [-0.4, -0.2) is 31.2 Å². The zero-order chi connectivity index (χ0) is 13.1. The van der Waals surface area contributed by atoms with Gasteiger partial charge in [-0.1, -0.05) is 24.3 Å². The fourth-order valence-corrected chi connectivity index (χ4v) is 2.90. The highest BCUT2D eigenvalue weighted by atomic mass is 16.5. The van der Waals surface area contributed by atoms with Crippen molar-refractivity contribution in [2.75, 3.05) is 13.2 Å². The molecule has 2 aliphatic heterocycles. The SMILES string of the molecule is O=C(NC[C@H]1CCCO1)[C@@H]1Cc2ccccc2C[NH2+]1. The predicted molar refractivity (Wildman–Crippen MR) is 71.5 cm³/mol. The predicted octanol–water partition coefficient (Wildman–Crippen LogP) is -0.0301. The summed E-state index contributed by atoms with van der Waals surface area (Å²) in [5.74, 6) is 0.144. The maximum absolute atomic E-state index is 12.2. The van der Waals surface area contributed by atoms with E-state index in [2.05, 4.69) is 28.8 Å². The Labute approximate surface area is 113 Å². The zero-order valence-electron chi connectivity index (χ0n) is 11.1. The van der Waals surface area contributed by atoms with Crippen molar-refractivity contribution < 1.29 is 14.8 Å². The highest BCUT2D eigenvalue weighted by Gasteiger charge is 2.28. The van der Waals surface area contributed by atoms with Crippen LogP contribution in [0.25, 0.3) is 0 Å². The van der Waals surface area contributed by atoms with Gasteiger partial charge < -0.3 is 15.4 Å². The van der Waals surface area contributed by atoms with Gasteiger partial charge in [0.15, 0.2) is 6.04 Å². The van der Waals surface area contributed by atoms with Gasteiger partial charge in [-0.3, -0.25) is 4.79 Å². The van der Waals surface area contributed by atoms with Crippen molar-refractivity contribution in [3.05, 3.63) is 35.4 Å². The Morgan fingerprint density at radius 3 is 3.00 bits per heavy atom. The molecular weight excluding hydrogens is 240 g/mol. The highest BCUT2D eigenvalue weighted by molar-refractivity contribution is 5.80. The van der Waals surface area contributed by atoms with Gasteiger partial charge >= 0.3 is 0 Å². The number of hydrogen-bond acceptors (Lipinski definition) is 2. The summed E-state index contributed by atoms with van der Waals surface area (Å²) in [7, 11) is 0. The van der Waals surface area contributed by atoms with Crippen LogP contribution in [0, 0.1) is 0 Å². The summed E-state index contributed by atoms with van der Waals surface area (Å²) in [6, 6.07) is 8.39. The van der Waals surface area contributed by atoms with Gasteiger partial charge in [-0.2, -0.15) is 0 Å². The molecule has 3 rings (SSSR count). The van der Waals surface area contributed by atoms with Crippen LogP contribution < -0.4 is 10.6 Å². The van der Waals surface area contributed by atoms with E-state index < -0.39 is 0 Å². The highest BCUT2D eigenvalue weighted by Crippen LogP contribution is 2.13. The van der Waals surface area contributed by atoms with Crippen molar-refractivity contribution in [3.63, 3.8) is 0 Å². The van der Waals surface area contributed by atoms with E-state index in [1.54, 1.807) is 0 Å². The number of amides is 1. The quantitative estimate of drug-likeness (QED) is 0.803. The second-order valence-electron chi connectivity index (χ2n) is 5.40. The van der Waals surface area contributed by atoms with Gasteiger partial charge in [0.25, 0.3) is 5.91 Å². The number of fused-ring (bicyclic) bond motifs is 1. The number of carbonyl (C=O) groups excluding carboxylic acids is 1. The summed E-state index contributed by atoms with van der Waals surface area (Å²) in [6.45, 7) is 2.39. The largest absolute Gasteiger partial charge is 0.376 e. The first kappa shape index (κ1) is 12.6. The Kier molecular flexibility index (Phi) is 3.80. The second-order valence-corrected chi connectivity index (χ2v) is 5.40. The molecule has 4 nitrogen and oxygen atoms in total. The number of carbonyl (C=O) groups is 1. The van der Waals surface area contributed by atoms with Gasteiger partial charge in [0.2, 0.25) is 0 Å². The summed E-state index contributed by atoms with van der Waals surface area (Å²) in [6.07, 6.45) is 3.23. The Hall–Kier alpha value is -1.39. The number of nitrogens with one attached hydrogen (secondary N) is 1. The minimum atomic E-state index is 0.0105. The first-order valence-corrected chi connectivity index (χ1v) is 7.12. The molecule has 1 aromatic carbocycles. The van der Waals surface area contributed by atoms with E-state index in [4.69, 9.17) is 4.74 Å². The van der Waals surface area contributed by atoms with Gasteiger partial charge in [-0.25, -0.2) is 0 Å². The summed E-state index contributed by atoms with van der Waals surface area (Å²) >= 11 is 0. The topological polar surface area (TPSA) is 54.9 Å². The molecule has 0 saturated carbocycles. The first-order valence-electron chi connectivity index (χ1n) is 7.12. The molecule has 1 fully saturated rings. The molecule has 2 aliphatic rings. The Balaban J connectivity index is 1.54. The van der Waals surface area contributed by atoms with Crippen molar-refractivity contribution in [2.24, 2.45) is 0 Å². The fourth-order valence-electron chi connectivity index (χ4n) is 2.90. The van der Waals surface area contributed by atoms with Crippen LogP contribution in [0.15, 0.2) is 24.3 Å². The zero-order valence-corrected chi connectivity index (χ0v) is 11.1. The Morgan fingerprint density at radius 1 is 1.37 bits per heavy atom. The van der Waals surface area contributed by atoms with Crippen LogP contribution in [0.1, 0.15) is 24.0 Å². The maximum Gasteiger partial charge on any atom is 0.278 e. The lowest BCUT2D eigenvalue weighted by molar-refractivity contribution is -0.695. The Bertz CT molecular complexity index is 455. The number of rotatable bonds is 3. The number of nitrogens with two attached hydrogens (primary N) is 1. The number of ether oxygens (including phenoxy) is 1. The van der Waals surface area contributed by atoms with E-state index in [1.165, 1.54) is 11.1 Å². The minimum Gasteiger partial charge on any atom is -0.376 e. The van der Waals surface area contributed by atoms with Crippen molar-refractivity contribution in [1.29, 1.82) is 0 Å². The average Bonchev–Trinajstić information content (AvgIpc) is 2.97. The van der Waals surface area contributed by atoms with Crippen LogP contribution in [-0.2, 0) is 22.5 Å². The molecule has 0 aliphatic carbocycles. The lowest BCUT2D eigenvalue weighted by Gasteiger charge is -2.22. The molecule has 4 heteroatoms. The smallest absolute Gasteiger partial charge is 0.278 e. The average molecular weight is 261 g/mol. The lowest BCUT2D eigenvalue weighted by atomic mass is 9.95. The standard InChI is InChI=1S/C15H20N2O2/c18-15(17-10-13-6-3-7-19-13)14-8-11-4-1-2-5-12(11)9-16-14/h1-2,4-5,13-14,16H,3,6-10H2,(H,17,18)/p+1/t13-,14+/m1/s1. The van der Waals surface area contributed by atoms with Gasteiger partial charge in [-0.15, -0.1) is 0 Å². The first-order chi connectivity index (χ1) is 9.33. The molecule has 19 heavy (non-hydrogen) atoms. The summed E-state index contributed by atoms with van der Waals surface area (Å²) in [5, 5.41) is 5.16. The molecule has 1 aromatic rings.